The molecule has 0 aliphatic carbocycles. The van der Waals surface area contributed by atoms with Gasteiger partial charge in [0.1, 0.15) is 23.1 Å². The molecule has 0 spiro atoms. The van der Waals surface area contributed by atoms with Crippen molar-refractivity contribution in [2.45, 2.75) is 39.7 Å². The number of para-hydroxylation sites is 2. The standard InChI is InChI=1S/C30H35N3O4/c1-22-13-14-23(2)28(19-22)37-21-30(34)31-16-15-29-32-26-11-4-5-12-27(26)33(29)17-6-7-18-36-25-10-8-9-24(20-25)35-3/h4-5,8-14,19-20H,6-7,15-18,21H2,1-3H3,(H,31,34). The maximum Gasteiger partial charge on any atom is 0.257 e. The van der Waals surface area contributed by atoms with E-state index in [9.17, 15) is 4.79 Å². The lowest BCUT2D eigenvalue weighted by Crippen LogP contribution is -2.31. The molecular formula is C30H35N3O4. The number of benzene rings is 3. The molecule has 1 amide bonds. The molecule has 0 fully saturated rings. The Hall–Kier alpha value is -4.00. The molecule has 0 aliphatic heterocycles. The number of hydrogen-bond acceptors (Lipinski definition) is 5. The number of aromatic nitrogens is 2. The Morgan fingerprint density at radius 2 is 1.78 bits per heavy atom. The topological polar surface area (TPSA) is 74.6 Å². The highest BCUT2D eigenvalue weighted by Crippen LogP contribution is 2.21. The summed E-state index contributed by atoms with van der Waals surface area (Å²) in [6.45, 7) is 5.94. The second kappa shape index (κ2) is 12.8. The van der Waals surface area contributed by atoms with Crippen molar-refractivity contribution in [3.63, 3.8) is 0 Å². The van der Waals surface area contributed by atoms with Crippen LogP contribution in [0.4, 0.5) is 0 Å². The van der Waals surface area contributed by atoms with Gasteiger partial charge < -0.3 is 24.1 Å². The molecule has 4 rings (SSSR count). The maximum atomic E-state index is 12.4. The van der Waals surface area contributed by atoms with Crippen molar-refractivity contribution in [1.82, 2.24) is 14.9 Å². The number of nitrogens with zero attached hydrogens (tertiary/aromatic N) is 2. The third kappa shape index (κ3) is 7.26. The average Bonchev–Trinajstić information content (AvgIpc) is 3.26. The lowest BCUT2D eigenvalue weighted by Gasteiger charge is -2.12. The second-order valence-corrected chi connectivity index (χ2v) is 9.06. The fraction of sp³-hybridized carbons (Fsp3) is 0.333. The molecule has 0 radical (unpaired) electrons. The molecule has 4 aromatic rings. The number of ether oxygens (including phenoxy) is 3. The summed E-state index contributed by atoms with van der Waals surface area (Å²) in [6.07, 6.45) is 2.51. The zero-order chi connectivity index (χ0) is 26.0. The van der Waals surface area contributed by atoms with Crippen molar-refractivity contribution in [3.8, 4) is 17.2 Å². The van der Waals surface area contributed by atoms with Crippen LogP contribution in [0, 0.1) is 13.8 Å². The van der Waals surface area contributed by atoms with Crippen LogP contribution >= 0.6 is 0 Å². The van der Waals surface area contributed by atoms with Crippen LogP contribution in [0.3, 0.4) is 0 Å². The normalized spacial score (nSPS) is 10.9. The van der Waals surface area contributed by atoms with Gasteiger partial charge in [0.05, 0.1) is 24.8 Å². The molecule has 0 aliphatic rings. The molecular weight excluding hydrogens is 466 g/mol. The predicted octanol–water partition coefficient (Wildman–Crippen LogP) is 5.26. The van der Waals surface area contributed by atoms with Gasteiger partial charge in [-0.2, -0.15) is 0 Å². The van der Waals surface area contributed by atoms with Crippen LogP contribution in [-0.4, -0.2) is 42.3 Å². The number of amides is 1. The van der Waals surface area contributed by atoms with E-state index in [-0.39, 0.29) is 12.5 Å². The van der Waals surface area contributed by atoms with E-state index in [0.29, 0.717) is 19.6 Å². The van der Waals surface area contributed by atoms with Gasteiger partial charge in [-0.15, -0.1) is 0 Å². The minimum atomic E-state index is -0.141. The zero-order valence-electron chi connectivity index (χ0n) is 21.8. The Labute approximate surface area is 218 Å². The number of carbonyl (C=O) groups is 1. The number of nitrogens with one attached hydrogen (secondary N) is 1. The number of unbranched alkanes of at least 4 members (excludes halogenated alkanes) is 1. The third-order valence-electron chi connectivity index (χ3n) is 6.19. The molecule has 7 heteroatoms. The van der Waals surface area contributed by atoms with Crippen molar-refractivity contribution in [3.05, 3.63) is 83.7 Å². The number of fused-ring (bicyclic) bond motifs is 1. The summed E-state index contributed by atoms with van der Waals surface area (Å²) in [5.41, 5.74) is 4.19. The molecule has 0 bridgehead atoms. The lowest BCUT2D eigenvalue weighted by atomic mass is 10.1. The molecule has 0 saturated carbocycles. The molecule has 3 aromatic carbocycles. The Morgan fingerprint density at radius 1 is 0.946 bits per heavy atom. The van der Waals surface area contributed by atoms with Gasteiger partial charge in [-0.1, -0.05) is 30.3 Å². The molecule has 1 aromatic heterocycles. The number of carbonyl (C=O) groups excluding carboxylic acids is 1. The molecule has 1 heterocycles. The fourth-order valence-corrected chi connectivity index (χ4v) is 4.19. The fourth-order valence-electron chi connectivity index (χ4n) is 4.19. The van der Waals surface area contributed by atoms with E-state index >= 15 is 0 Å². The summed E-state index contributed by atoms with van der Waals surface area (Å²) in [5.74, 6) is 3.16. The molecule has 194 valence electrons. The number of imidazole rings is 1. The quantitative estimate of drug-likeness (QED) is 0.253. The van der Waals surface area contributed by atoms with E-state index < -0.39 is 0 Å². The van der Waals surface area contributed by atoms with Crippen LogP contribution in [0.15, 0.2) is 66.7 Å². The van der Waals surface area contributed by atoms with Crippen LogP contribution in [0.25, 0.3) is 11.0 Å². The molecule has 7 nitrogen and oxygen atoms in total. The predicted molar refractivity (Wildman–Crippen MR) is 146 cm³/mol. The smallest absolute Gasteiger partial charge is 0.257 e. The second-order valence-electron chi connectivity index (χ2n) is 9.06. The Morgan fingerprint density at radius 3 is 2.65 bits per heavy atom. The molecule has 0 saturated heterocycles. The summed E-state index contributed by atoms with van der Waals surface area (Å²) in [7, 11) is 1.65. The van der Waals surface area contributed by atoms with Gasteiger partial charge in [-0.3, -0.25) is 4.79 Å². The molecule has 1 N–H and O–H groups in total. The highest BCUT2D eigenvalue weighted by atomic mass is 16.5. The van der Waals surface area contributed by atoms with Gasteiger partial charge in [0, 0.05) is 25.6 Å². The first-order valence-corrected chi connectivity index (χ1v) is 12.7. The van der Waals surface area contributed by atoms with Gasteiger partial charge in [-0.05, 0) is 68.1 Å². The highest BCUT2D eigenvalue weighted by molar-refractivity contribution is 5.78. The number of hydrogen-bond donors (Lipinski definition) is 1. The van der Waals surface area contributed by atoms with E-state index in [0.717, 1.165) is 64.6 Å². The van der Waals surface area contributed by atoms with Crippen molar-refractivity contribution in [1.29, 1.82) is 0 Å². The van der Waals surface area contributed by atoms with Crippen molar-refractivity contribution < 1.29 is 19.0 Å². The summed E-state index contributed by atoms with van der Waals surface area (Å²) in [4.78, 5) is 17.2. The summed E-state index contributed by atoms with van der Waals surface area (Å²) in [6, 6.07) is 21.8. The highest BCUT2D eigenvalue weighted by Gasteiger charge is 2.11. The van der Waals surface area contributed by atoms with Crippen molar-refractivity contribution >= 4 is 16.9 Å². The van der Waals surface area contributed by atoms with E-state index in [4.69, 9.17) is 19.2 Å². The monoisotopic (exact) mass is 501 g/mol. The maximum absolute atomic E-state index is 12.4. The molecule has 0 unspecified atom stereocenters. The summed E-state index contributed by atoms with van der Waals surface area (Å²) >= 11 is 0. The Balaban J connectivity index is 1.27. The van der Waals surface area contributed by atoms with E-state index in [2.05, 4.69) is 16.0 Å². The average molecular weight is 502 g/mol. The number of methoxy groups -OCH3 is 1. The largest absolute Gasteiger partial charge is 0.497 e. The number of rotatable bonds is 13. The van der Waals surface area contributed by atoms with Gasteiger partial charge in [0.15, 0.2) is 6.61 Å². The van der Waals surface area contributed by atoms with Gasteiger partial charge in [0.25, 0.3) is 5.91 Å². The first kappa shape index (κ1) is 26.1. The van der Waals surface area contributed by atoms with Gasteiger partial charge in [-0.25, -0.2) is 4.98 Å². The van der Waals surface area contributed by atoms with Crippen LogP contribution in [-0.2, 0) is 17.8 Å². The molecule has 37 heavy (non-hydrogen) atoms. The minimum absolute atomic E-state index is 0.00595. The van der Waals surface area contributed by atoms with Crippen LogP contribution in [0.2, 0.25) is 0 Å². The van der Waals surface area contributed by atoms with E-state index in [1.165, 1.54) is 0 Å². The summed E-state index contributed by atoms with van der Waals surface area (Å²) in [5, 5.41) is 2.96. The van der Waals surface area contributed by atoms with Gasteiger partial charge in [0.2, 0.25) is 0 Å². The lowest BCUT2D eigenvalue weighted by molar-refractivity contribution is -0.123. The third-order valence-corrected chi connectivity index (χ3v) is 6.19. The van der Waals surface area contributed by atoms with Crippen LogP contribution < -0.4 is 19.5 Å². The van der Waals surface area contributed by atoms with Crippen LogP contribution in [0.1, 0.15) is 29.8 Å². The SMILES string of the molecule is COc1cccc(OCCCCn2c(CCNC(=O)COc3cc(C)ccc3C)nc3ccccc32)c1. The zero-order valence-corrected chi connectivity index (χ0v) is 21.8. The first-order valence-electron chi connectivity index (χ1n) is 12.7. The molecule has 0 atom stereocenters. The first-order chi connectivity index (χ1) is 18.0. The Bertz CT molecular complexity index is 1330. The van der Waals surface area contributed by atoms with E-state index in [1.54, 1.807) is 7.11 Å². The minimum Gasteiger partial charge on any atom is -0.497 e. The van der Waals surface area contributed by atoms with Crippen LogP contribution in [0.5, 0.6) is 17.2 Å². The van der Waals surface area contributed by atoms with Crippen molar-refractivity contribution in [2.24, 2.45) is 0 Å². The summed E-state index contributed by atoms with van der Waals surface area (Å²) < 4.78 is 19.1. The van der Waals surface area contributed by atoms with E-state index in [1.807, 2.05) is 74.5 Å². The number of aryl methyl sites for hydroxylation is 3. The van der Waals surface area contributed by atoms with Gasteiger partial charge >= 0.3 is 0 Å². The van der Waals surface area contributed by atoms with Crippen molar-refractivity contribution in [2.75, 3.05) is 26.9 Å². The Kier molecular flexibility index (Phi) is 9.03.